The summed E-state index contributed by atoms with van der Waals surface area (Å²) in [6.45, 7) is 4.14. The van der Waals surface area contributed by atoms with Crippen molar-refractivity contribution in [3.05, 3.63) is 0 Å². The Morgan fingerprint density at radius 1 is 1.75 bits per heavy atom. The fourth-order valence-corrected chi connectivity index (χ4v) is 1.19. The van der Waals surface area contributed by atoms with E-state index >= 15 is 0 Å². The summed E-state index contributed by atoms with van der Waals surface area (Å²) in [5, 5.41) is 0. The summed E-state index contributed by atoms with van der Waals surface area (Å²) in [7, 11) is 0. The zero-order valence-electron chi connectivity index (χ0n) is 7.37. The number of cyclic esters (lactones) is 1. The summed E-state index contributed by atoms with van der Waals surface area (Å²) in [4.78, 5) is 23.2. The van der Waals surface area contributed by atoms with E-state index in [1.165, 1.54) is 11.8 Å². The molecule has 0 aromatic rings. The normalized spacial score (nSPS) is 22.7. The molecule has 0 aliphatic carbocycles. The minimum atomic E-state index is -0.364. The van der Waals surface area contributed by atoms with Crippen LogP contribution in [-0.2, 0) is 9.53 Å². The van der Waals surface area contributed by atoms with Crippen molar-refractivity contribution < 1.29 is 14.3 Å². The minimum absolute atomic E-state index is 0.0105. The second-order valence-electron chi connectivity index (χ2n) is 3.00. The minimum Gasteiger partial charge on any atom is -0.444 e. The number of rotatable bonds is 3. The van der Waals surface area contributed by atoms with Crippen LogP contribution in [0, 0.1) is 0 Å². The number of hydrogen-bond acceptors (Lipinski definition) is 3. The van der Waals surface area contributed by atoms with Gasteiger partial charge >= 0.3 is 6.09 Å². The molecule has 1 rings (SSSR count). The molecule has 0 spiro atoms. The van der Waals surface area contributed by atoms with Crippen LogP contribution in [0.1, 0.15) is 20.3 Å². The highest BCUT2D eigenvalue weighted by Crippen LogP contribution is 2.12. The summed E-state index contributed by atoms with van der Waals surface area (Å²) in [6, 6.07) is 0. The first-order valence-electron chi connectivity index (χ1n) is 4.08. The second kappa shape index (κ2) is 3.56. The van der Waals surface area contributed by atoms with Crippen LogP contribution in [0.2, 0.25) is 0 Å². The van der Waals surface area contributed by atoms with Gasteiger partial charge in [-0.2, -0.15) is 0 Å². The van der Waals surface area contributed by atoms with Crippen LogP contribution in [0.5, 0.6) is 0 Å². The molecule has 4 heteroatoms. The Morgan fingerprint density at radius 2 is 2.42 bits per heavy atom. The van der Waals surface area contributed by atoms with Crippen molar-refractivity contribution in [3.63, 3.8) is 0 Å². The van der Waals surface area contributed by atoms with Crippen molar-refractivity contribution in [1.82, 2.24) is 4.90 Å². The Kier molecular flexibility index (Phi) is 2.68. The molecule has 68 valence electrons. The van der Waals surface area contributed by atoms with E-state index in [1.54, 1.807) is 0 Å². The highest BCUT2D eigenvalue weighted by atomic mass is 16.6. The van der Waals surface area contributed by atoms with E-state index in [4.69, 9.17) is 4.74 Å². The number of carbonyl (C=O) groups excluding carboxylic acids is 2. The first-order chi connectivity index (χ1) is 5.63. The van der Waals surface area contributed by atoms with Crippen LogP contribution in [0.25, 0.3) is 0 Å². The molecule has 12 heavy (non-hydrogen) atoms. The molecule has 0 bridgehead atoms. The molecule has 0 unspecified atom stereocenters. The third-order valence-electron chi connectivity index (χ3n) is 1.82. The van der Waals surface area contributed by atoms with Crippen LogP contribution < -0.4 is 0 Å². The molecular weight excluding hydrogens is 158 g/mol. The number of ether oxygens (including phenoxy) is 1. The number of amides is 1. The standard InChI is InChI=1S/C8H13NO3/c1-3-7-5-9(4-6(2)10)8(11)12-7/h7H,3-5H2,1-2H3/t7-/m1/s1. The van der Waals surface area contributed by atoms with Gasteiger partial charge < -0.3 is 4.74 Å². The smallest absolute Gasteiger partial charge is 0.410 e. The van der Waals surface area contributed by atoms with Gasteiger partial charge in [0, 0.05) is 0 Å². The maximum Gasteiger partial charge on any atom is 0.410 e. The van der Waals surface area contributed by atoms with Crippen molar-refractivity contribution in [2.24, 2.45) is 0 Å². The van der Waals surface area contributed by atoms with Gasteiger partial charge in [0.25, 0.3) is 0 Å². The highest BCUT2D eigenvalue weighted by molar-refractivity contribution is 5.82. The van der Waals surface area contributed by atoms with E-state index in [-0.39, 0.29) is 24.5 Å². The van der Waals surface area contributed by atoms with Gasteiger partial charge in [-0.1, -0.05) is 6.92 Å². The molecule has 0 aromatic heterocycles. The van der Waals surface area contributed by atoms with Gasteiger partial charge in [-0.3, -0.25) is 9.69 Å². The first-order valence-corrected chi connectivity index (χ1v) is 4.08. The number of Topliss-reactive ketones (excluding diaryl/α,β-unsaturated/α-hetero) is 1. The van der Waals surface area contributed by atoms with Crippen LogP contribution in [0.15, 0.2) is 0 Å². The van der Waals surface area contributed by atoms with Crippen LogP contribution in [-0.4, -0.2) is 36.0 Å². The number of ketones is 1. The maximum absolute atomic E-state index is 11.0. The average molecular weight is 171 g/mol. The summed E-state index contributed by atoms with van der Waals surface area (Å²) in [6.07, 6.45) is 0.411. The predicted molar refractivity (Wildman–Crippen MR) is 42.8 cm³/mol. The fraction of sp³-hybridized carbons (Fsp3) is 0.750. The first kappa shape index (κ1) is 9.03. The van der Waals surface area contributed by atoms with E-state index < -0.39 is 0 Å². The summed E-state index contributed by atoms with van der Waals surface area (Å²) >= 11 is 0. The molecule has 1 atom stereocenters. The van der Waals surface area contributed by atoms with Gasteiger partial charge in [-0.15, -0.1) is 0 Å². The van der Waals surface area contributed by atoms with Gasteiger partial charge in [0.2, 0.25) is 0 Å². The van der Waals surface area contributed by atoms with Gasteiger partial charge in [0.15, 0.2) is 0 Å². The second-order valence-corrected chi connectivity index (χ2v) is 3.00. The molecule has 0 N–H and O–H groups in total. The predicted octanol–water partition coefficient (Wildman–Crippen LogP) is 0.806. The van der Waals surface area contributed by atoms with Crippen LogP contribution >= 0.6 is 0 Å². The van der Waals surface area contributed by atoms with Crippen molar-refractivity contribution >= 4 is 11.9 Å². The Balaban J connectivity index is 2.46. The molecule has 1 fully saturated rings. The van der Waals surface area contributed by atoms with Crippen molar-refractivity contribution in [1.29, 1.82) is 0 Å². The Labute approximate surface area is 71.5 Å². The molecule has 0 aromatic carbocycles. The lowest BCUT2D eigenvalue weighted by Gasteiger charge is -2.08. The van der Waals surface area contributed by atoms with E-state index in [1.807, 2.05) is 6.92 Å². The molecule has 1 heterocycles. The molecule has 0 radical (unpaired) electrons. The van der Waals surface area contributed by atoms with Crippen LogP contribution in [0.4, 0.5) is 4.79 Å². The van der Waals surface area contributed by atoms with E-state index in [0.29, 0.717) is 6.54 Å². The van der Waals surface area contributed by atoms with Gasteiger partial charge in [0.1, 0.15) is 11.9 Å². The summed E-state index contributed by atoms with van der Waals surface area (Å²) in [5.41, 5.74) is 0. The SMILES string of the molecule is CC[C@@H]1CN(CC(C)=O)C(=O)O1. The fourth-order valence-electron chi connectivity index (χ4n) is 1.19. The Morgan fingerprint density at radius 3 is 2.83 bits per heavy atom. The van der Waals surface area contributed by atoms with E-state index in [2.05, 4.69) is 0 Å². The quantitative estimate of drug-likeness (QED) is 0.631. The van der Waals surface area contributed by atoms with Crippen molar-refractivity contribution in [3.8, 4) is 0 Å². The lowest BCUT2D eigenvalue weighted by Crippen LogP contribution is -2.29. The van der Waals surface area contributed by atoms with Crippen molar-refractivity contribution in [2.75, 3.05) is 13.1 Å². The summed E-state index contributed by atoms with van der Waals surface area (Å²) in [5.74, 6) is -0.0105. The van der Waals surface area contributed by atoms with Crippen LogP contribution in [0.3, 0.4) is 0 Å². The molecule has 1 saturated heterocycles. The van der Waals surface area contributed by atoms with E-state index in [9.17, 15) is 9.59 Å². The Bertz CT molecular complexity index is 202. The molecule has 1 amide bonds. The number of nitrogens with zero attached hydrogens (tertiary/aromatic N) is 1. The Hall–Kier alpha value is -1.06. The topological polar surface area (TPSA) is 46.6 Å². The lowest BCUT2D eigenvalue weighted by molar-refractivity contribution is -0.117. The molecule has 1 aliphatic heterocycles. The molecule has 1 aliphatic rings. The lowest BCUT2D eigenvalue weighted by atomic mass is 10.3. The largest absolute Gasteiger partial charge is 0.444 e. The molecular formula is C8H13NO3. The number of hydrogen-bond donors (Lipinski definition) is 0. The summed E-state index contributed by atoms with van der Waals surface area (Å²) < 4.78 is 4.96. The third kappa shape index (κ3) is 1.96. The number of carbonyl (C=O) groups is 2. The van der Waals surface area contributed by atoms with Gasteiger partial charge in [-0.05, 0) is 13.3 Å². The van der Waals surface area contributed by atoms with Gasteiger partial charge in [0.05, 0.1) is 13.1 Å². The van der Waals surface area contributed by atoms with Crippen molar-refractivity contribution in [2.45, 2.75) is 26.4 Å². The third-order valence-corrected chi connectivity index (χ3v) is 1.82. The zero-order valence-corrected chi connectivity index (χ0v) is 7.37. The van der Waals surface area contributed by atoms with E-state index in [0.717, 1.165) is 6.42 Å². The highest BCUT2D eigenvalue weighted by Gasteiger charge is 2.30. The molecule has 0 saturated carbocycles. The zero-order chi connectivity index (χ0) is 9.14. The monoisotopic (exact) mass is 171 g/mol. The average Bonchev–Trinajstić information content (AvgIpc) is 2.31. The maximum atomic E-state index is 11.0. The molecule has 4 nitrogen and oxygen atoms in total. The van der Waals surface area contributed by atoms with Gasteiger partial charge in [-0.25, -0.2) is 4.79 Å².